The van der Waals surface area contributed by atoms with Crippen LogP contribution in [0.15, 0.2) is 28.0 Å². The molecule has 124 valence electrons. The summed E-state index contributed by atoms with van der Waals surface area (Å²) < 4.78 is 5.59. The molecule has 2 aromatic heterocycles. The number of nitrogens with one attached hydrogen (secondary N) is 1. The Bertz CT molecular complexity index is 662. The van der Waals surface area contributed by atoms with E-state index >= 15 is 0 Å². The molecule has 0 bridgehead atoms. The minimum Gasteiger partial charge on any atom is -0.465 e. The minimum absolute atomic E-state index is 0.134. The molecule has 23 heavy (non-hydrogen) atoms. The lowest BCUT2D eigenvalue weighted by Gasteiger charge is -2.30. The predicted octanol–water partition coefficient (Wildman–Crippen LogP) is 3.49. The summed E-state index contributed by atoms with van der Waals surface area (Å²) in [5, 5.41) is 5.51. The average Bonchev–Trinajstić information content (AvgIpc) is 3.18. The molecular formula is C18H24N2O2S. The van der Waals surface area contributed by atoms with Crippen molar-refractivity contribution in [2.45, 2.75) is 52.2 Å². The highest BCUT2D eigenvalue weighted by molar-refractivity contribution is 7.10. The van der Waals surface area contributed by atoms with Crippen LogP contribution in [0.25, 0.3) is 0 Å². The third kappa shape index (κ3) is 3.85. The van der Waals surface area contributed by atoms with Crippen LogP contribution in [0, 0.1) is 6.92 Å². The van der Waals surface area contributed by atoms with E-state index in [1.54, 1.807) is 11.3 Å². The highest BCUT2D eigenvalue weighted by Crippen LogP contribution is 2.24. The molecule has 0 aromatic carbocycles. The molecule has 1 amide bonds. The van der Waals surface area contributed by atoms with E-state index < -0.39 is 0 Å². The number of nitrogens with zero attached hydrogens (tertiary/aromatic N) is 1. The summed E-state index contributed by atoms with van der Waals surface area (Å²) in [6.07, 6.45) is 2.82. The predicted molar refractivity (Wildman–Crippen MR) is 92.4 cm³/mol. The molecule has 1 atom stereocenters. The normalized spacial score (nSPS) is 15.5. The number of carbonyl (C=O) groups excluding carboxylic acids is 1. The summed E-state index contributed by atoms with van der Waals surface area (Å²) in [5.41, 5.74) is 1.31. The van der Waals surface area contributed by atoms with Crippen LogP contribution in [0.3, 0.4) is 0 Å². The second kappa shape index (κ2) is 7.32. The van der Waals surface area contributed by atoms with Gasteiger partial charge in [-0.2, -0.15) is 0 Å². The van der Waals surface area contributed by atoms with Crippen molar-refractivity contribution < 1.29 is 9.21 Å². The van der Waals surface area contributed by atoms with Gasteiger partial charge in [0.2, 0.25) is 5.91 Å². The van der Waals surface area contributed by atoms with Gasteiger partial charge in [-0.25, -0.2) is 0 Å². The smallest absolute Gasteiger partial charge is 0.240 e. The van der Waals surface area contributed by atoms with E-state index in [0.717, 1.165) is 43.9 Å². The minimum atomic E-state index is -0.134. The zero-order valence-electron chi connectivity index (χ0n) is 13.8. The highest BCUT2D eigenvalue weighted by atomic mass is 32.1. The highest BCUT2D eigenvalue weighted by Gasteiger charge is 2.27. The van der Waals surface area contributed by atoms with E-state index in [9.17, 15) is 4.79 Å². The van der Waals surface area contributed by atoms with E-state index in [4.69, 9.17) is 4.42 Å². The number of aryl methyl sites for hydroxylation is 1. The maximum Gasteiger partial charge on any atom is 0.240 e. The summed E-state index contributed by atoms with van der Waals surface area (Å²) in [6.45, 7) is 6.23. The van der Waals surface area contributed by atoms with Crippen LogP contribution >= 0.6 is 11.3 Å². The van der Waals surface area contributed by atoms with Gasteiger partial charge in [0.25, 0.3) is 0 Å². The quantitative estimate of drug-likeness (QED) is 0.881. The Labute approximate surface area is 141 Å². The van der Waals surface area contributed by atoms with Gasteiger partial charge in [0, 0.05) is 18.0 Å². The van der Waals surface area contributed by atoms with Gasteiger partial charge >= 0.3 is 0 Å². The number of hydrogen-bond donors (Lipinski definition) is 1. The van der Waals surface area contributed by atoms with Crippen molar-refractivity contribution in [3.05, 3.63) is 45.5 Å². The first-order valence-corrected chi connectivity index (χ1v) is 9.18. The van der Waals surface area contributed by atoms with Gasteiger partial charge < -0.3 is 9.32 Å². The molecule has 5 heteroatoms. The van der Waals surface area contributed by atoms with Crippen LogP contribution in [0.2, 0.25) is 0 Å². The lowest BCUT2D eigenvalue weighted by Crippen LogP contribution is -2.47. The summed E-state index contributed by atoms with van der Waals surface area (Å²) in [5.74, 6) is 2.00. The Hall–Kier alpha value is -1.59. The topological polar surface area (TPSA) is 45.5 Å². The van der Waals surface area contributed by atoms with E-state index in [2.05, 4.69) is 23.7 Å². The van der Waals surface area contributed by atoms with Crippen LogP contribution in [-0.4, -0.2) is 23.4 Å². The van der Waals surface area contributed by atoms with E-state index in [0.29, 0.717) is 6.54 Å². The first kappa shape index (κ1) is 16.3. The zero-order chi connectivity index (χ0) is 16.2. The Kier molecular flexibility index (Phi) is 5.18. The standard InChI is InChI=1S/C18H24N2O2S/c1-3-4-16(19-11-15-6-5-13(2)22-15)18(21)20-9-7-17-14(12-20)8-10-23-17/h5-6,8,10,16,19H,3-4,7,9,11-12H2,1-2H3. The zero-order valence-corrected chi connectivity index (χ0v) is 14.6. The van der Waals surface area contributed by atoms with Crippen molar-refractivity contribution in [1.29, 1.82) is 0 Å². The van der Waals surface area contributed by atoms with Gasteiger partial charge in [0.05, 0.1) is 12.6 Å². The Morgan fingerprint density at radius 2 is 2.30 bits per heavy atom. The molecule has 0 saturated heterocycles. The molecule has 4 nitrogen and oxygen atoms in total. The number of hydrogen-bond acceptors (Lipinski definition) is 4. The first-order valence-electron chi connectivity index (χ1n) is 8.30. The fourth-order valence-corrected chi connectivity index (χ4v) is 3.95. The summed E-state index contributed by atoms with van der Waals surface area (Å²) in [7, 11) is 0. The first-order chi connectivity index (χ1) is 11.2. The number of rotatable bonds is 6. The van der Waals surface area contributed by atoms with E-state index in [-0.39, 0.29) is 11.9 Å². The molecule has 2 aromatic rings. The lowest BCUT2D eigenvalue weighted by molar-refractivity contribution is -0.134. The molecule has 1 unspecified atom stereocenters. The number of thiophene rings is 1. The van der Waals surface area contributed by atoms with Gasteiger partial charge in [-0.3, -0.25) is 10.1 Å². The van der Waals surface area contributed by atoms with Crippen molar-refractivity contribution >= 4 is 17.2 Å². The number of carbonyl (C=O) groups is 1. The van der Waals surface area contributed by atoms with Gasteiger partial charge in [0.1, 0.15) is 11.5 Å². The molecule has 0 fully saturated rings. The monoisotopic (exact) mass is 332 g/mol. The molecule has 3 heterocycles. The second-order valence-electron chi connectivity index (χ2n) is 6.11. The Morgan fingerprint density at radius 1 is 1.43 bits per heavy atom. The molecule has 1 aliphatic heterocycles. The van der Waals surface area contributed by atoms with Crippen molar-refractivity contribution in [3.63, 3.8) is 0 Å². The van der Waals surface area contributed by atoms with Gasteiger partial charge in [-0.1, -0.05) is 13.3 Å². The molecule has 0 radical (unpaired) electrons. The molecule has 0 spiro atoms. The van der Waals surface area contributed by atoms with E-state index in [1.165, 1.54) is 10.4 Å². The van der Waals surface area contributed by atoms with Gasteiger partial charge in [-0.05, 0) is 48.9 Å². The van der Waals surface area contributed by atoms with Crippen molar-refractivity contribution in [2.24, 2.45) is 0 Å². The van der Waals surface area contributed by atoms with Crippen LogP contribution in [0.5, 0.6) is 0 Å². The fraction of sp³-hybridized carbons (Fsp3) is 0.500. The lowest BCUT2D eigenvalue weighted by atomic mass is 10.1. The van der Waals surface area contributed by atoms with Crippen LogP contribution in [0.1, 0.15) is 41.7 Å². The third-order valence-electron chi connectivity index (χ3n) is 4.31. The van der Waals surface area contributed by atoms with Crippen molar-refractivity contribution in [2.75, 3.05) is 6.54 Å². The van der Waals surface area contributed by atoms with Gasteiger partial charge in [-0.15, -0.1) is 11.3 Å². The molecular weight excluding hydrogens is 308 g/mol. The van der Waals surface area contributed by atoms with Crippen molar-refractivity contribution in [3.8, 4) is 0 Å². The molecule has 1 N–H and O–H groups in total. The maximum absolute atomic E-state index is 12.9. The average molecular weight is 332 g/mol. The molecule has 3 rings (SSSR count). The summed E-state index contributed by atoms with van der Waals surface area (Å²) in [4.78, 5) is 16.3. The summed E-state index contributed by atoms with van der Waals surface area (Å²) in [6, 6.07) is 5.93. The summed E-state index contributed by atoms with van der Waals surface area (Å²) >= 11 is 1.80. The Morgan fingerprint density at radius 3 is 3.04 bits per heavy atom. The van der Waals surface area contributed by atoms with Crippen LogP contribution < -0.4 is 5.32 Å². The largest absolute Gasteiger partial charge is 0.465 e. The maximum atomic E-state index is 12.9. The van der Waals surface area contributed by atoms with Gasteiger partial charge in [0.15, 0.2) is 0 Å². The van der Waals surface area contributed by atoms with Crippen molar-refractivity contribution in [1.82, 2.24) is 10.2 Å². The number of furan rings is 1. The van der Waals surface area contributed by atoms with Crippen LogP contribution in [0.4, 0.5) is 0 Å². The molecule has 0 saturated carbocycles. The molecule has 1 aliphatic rings. The molecule has 0 aliphatic carbocycles. The third-order valence-corrected chi connectivity index (χ3v) is 5.34. The number of amides is 1. The number of fused-ring (bicyclic) bond motifs is 1. The van der Waals surface area contributed by atoms with Crippen LogP contribution in [-0.2, 0) is 24.3 Å². The van der Waals surface area contributed by atoms with E-state index in [1.807, 2.05) is 24.0 Å². The Balaban J connectivity index is 1.62. The fourth-order valence-electron chi connectivity index (χ4n) is 3.06. The second-order valence-corrected chi connectivity index (χ2v) is 7.11. The SMILES string of the molecule is CCCC(NCc1ccc(C)o1)C(=O)N1CCc2sccc2C1.